The molecule has 2 atom stereocenters. The summed E-state index contributed by atoms with van der Waals surface area (Å²) in [6.07, 6.45) is 3.77. The highest BCUT2D eigenvalue weighted by atomic mass is 35.5. The van der Waals surface area contributed by atoms with Crippen LogP contribution in [0.5, 0.6) is 0 Å². The summed E-state index contributed by atoms with van der Waals surface area (Å²) in [4.78, 5) is 23.7. The third-order valence-corrected chi connectivity index (χ3v) is 4.52. The van der Waals surface area contributed by atoms with E-state index in [1.54, 1.807) is 32.9 Å². The first-order chi connectivity index (χ1) is 13.2. The molecule has 150 valence electrons. The minimum absolute atomic E-state index is 0.0425. The van der Waals surface area contributed by atoms with Crippen molar-refractivity contribution >= 4 is 23.7 Å². The summed E-state index contributed by atoms with van der Waals surface area (Å²) in [6, 6.07) is 6.49. The highest BCUT2D eigenvalue weighted by Gasteiger charge is 2.28. The largest absolute Gasteiger partial charge is 0.491 e. The van der Waals surface area contributed by atoms with Crippen molar-refractivity contribution in [2.75, 3.05) is 6.61 Å². The standard InChI is InChI=1S/C20H24ClN3O4/c1-20(2,3)28-19(26)24-17(13-6-4-5-7-14(13)21)11-27-12-8-9-15-16(10-12)23-18(25)22-15/h4-8,10,15,17H,9,11H2,1-3H3,(H,24,26)(H2,22,23,25)/t15?,17-/m0/s1. The van der Waals surface area contributed by atoms with Gasteiger partial charge in [0.15, 0.2) is 0 Å². The first-order valence-electron chi connectivity index (χ1n) is 9.07. The first kappa shape index (κ1) is 20.1. The molecule has 0 aromatic heterocycles. The van der Waals surface area contributed by atoms with E-state index in [2.05, 4.69) is 16.0 Å². The van der Waals surface area contributed by atoms with E-state index in [9.17, 15) is 9.59 Å². The number of alkyl carbamates (subject to hydrolysis) is 1. The van der Waals surface area contributed by atoms with Gasteiger partial charge in [-0.1, -0.05) is 29.8 Å². The topological polar surface area (TPSA) is 88.7 Å². The maximum absolute atomic E-state index is 12.3. The monoisotopic (exact) mass is 405 g/mol. The molecule has 2 aliphatic rings. The SMILES string of the molecule is CC(C)(C)OC(=O)N[C@@H](COC1=CCC2NC(=O)NC2=C1)c1ccccc1Cl. The number of nitrogens with one attached hydrogen (secondary N) is 3. The van der Waals surface area contributed by atoms with Crippen molar-refractivity contribution in [1.82, 2.24) is 16.0 Å². The highest BCUT2D eigenvalue weighted by molar-refractivity contribution is 6.31. The molecular weight excluding hydrogens is 382 g/mol. The second kappa shape index (κ2) is 8.14. The fraction of sp³-hybridized carbons (Fsp3) is 0.400. The van der Waals surface area contributed by atoms with Crippen LogP contribution in [0.2, 0.25) is 5.02 Å². The zero-order valence-corrected chi connectivity index (χ0v) is 16.8. The van der Waals surface area contributed by atoms with Crippen molar-refractivity contribution in [2.24, 2.45) is 0 Å². The van der Waals surface area contributed by atoms with E-state index in [1.807, 2.05) is 24.3 Å². The summed E-state index contributed by atoms with van der Waals surface area (Å²) in [7, 11) is 0. The molecule has 1 aliphatic heterocycles. The molecule has 3 N–H and O–H groups in total. The van der Waals surface area contributed by atoms with Crippen LogP contribution in [0.3, 0.4) is 0 Å². The Balaban J connectivity index is 1.70. The van der Waals surface area contributed by atoms with Gasteiger partial charge in [-0.25, -0.2) is 9.59 Å². The van der Waals surface area contributed by atoms with Gasteiger partial charge in [0.2, 0.25) is 0 Å². The molecule has 8 heteroatoms. The van der Waals surface area contributed by atoms with Crippen molar-refractivity contribution in [3.8, 4) is 0 Å². The molecule has 1 heterocycles. The van der Waals surface area contributed by atoms with Crippen molar-refractivity contribution < 1.29 is 19.1 Å². The Morgan fingerprint density at radius 3 is 2.82 bits per heavy atom. The molecule has 1 aromatic rings. The summed E-state index contributed by atoms with van der Waals surface area (Å²) in [6.45, 7) is 5.55. The van der Waals surface area contributed by atoms with Crippen molar-refractivity contribution in [1.29, 1.82) is 0 Å². The number of urea groups is 1. The Morgan fingerprint density at radius 1 is 1.36 bits per heavy atom. The predicted octanol–water partition coefficient (Wildman–Crippen LogP) is 3.78. The van der Waals surface area contributed by atoms with Gasteiger partial charge in [-0.05, 0) is 44.9 Å². The minimum atomic E-state index is -0.616. The number of hydrogen-bond acceptors (Lipinski definition) is 4. The Labute approximate surface area is 169 Å². The summed E-state index contributed by atoms with van der Waals surface area (Å²) >= 11 is 6.32. The molecular formula is C20H24ClN3O4. The van der Waals surface area contributed by atoms with Gasteiger partial charge >= 0.3 is 12.1 Å². The number of rotatable bonds is 5. The molecule has 1 unspecified atom stereocenters. The summed E-state index contributed by atoms with van der Waals surface area (Å²) in [5.74, 6) is 0.623. The van der Waals surface area contributed by atoms with Gasteiger partial charge in [0.05, 0.1) is 12.1 Å². The molecule has 0 radical (unpaired) electrons. The molecule has 7 nitrogen and oxygen atoms in total. The van der Waals surface area contributed by atoms with Crippen molar-refractivity contribution in [3.63, 3.8) is 0 Å². The number of ether oxygens (including phenoxy) is 2. The second-order valence-corrected chi connectivity index (χ2v) is 8.03. The Morgan fingerprint density at radius 2 is 2.11 bits per heavy atom. The van der Waals surface area contributed by atoms with Gasteiger partial charge < -0.3 is 25.4 Å². The Hall–Kier alpha value is -2.67. The number of halogens is 1. The number of carbonyl (C=O) groups is 2. The normalized spacial score (nSPS) is 19.4. The number of hydrogen-bond donors (Lipinski definition) is 3. The van der Waals surface area contributed by atoms with Crippen molar-refractivity contribution in [3.05, 3.63) is 58.5 Å². The van der Waals surface area contributed by atoms with Crippen LogP contribution in [0.4, 0.5) is 9.59 Å². The minimum Gasteiger partial charge on any atom is -0.491 e. The summed E-state index contributed by atoms with van der Waals surface area (Å²) < 4.78 is 11.3. The lowest BCUT2D eigenvalue weighted by molar-refractivity contribution is 0.0473. The average molecular weight is 406 g/mol. The van der Waals surface area contributed by atoms with Crippen LogP contribution in [0.25, 0.3) is 0 Å². The molecule has 1 aromatic carbocycles. The number of allylic oxidation sites excluding steroid dienone is 1. The fourth-order valence-electron chi connectivity index (χ4n) is 2.96. The van der Waals surface area contributed by atoms with Crippen LogP contribution in [-0.2, 0) is 9.47 Å². The van der Waals surface area contributed by atoms with Crippen LogP contribution in [0.1, 0.15) is 38.8 Å². The number of carbonyl (C=O) groups excluding carboxylic acids is 2. The zero-order chi connectivity index (χ0) is 20.3. The number of fused-ring (bicyclic) bond motifs is 1. The van der Waals surface area contributed by atoms with Gasteiger partial charge in [-0.3, -0.25) is 0 Å². The molecule has 0 saturated carbocycles. The lowest BCUT2D eigenvalue weighted by Crippen LogP contribution is -2.36. The predicted molar refractivity (Wildman–Crippen MR) is 106 cm³/mol. The lowest BCUT2D eigenvalue weighted by Gasteiger charge is -2.25. The van der Waals surface area contributed by atoms with Gasteiger partial charge in [-0.2, -0.15) is 0 Å². The van der Waals surface area contributed by atoms with E-state index in [4.69, 9.17) is 21.1 Å². The molecule has 28 heavy (non-hydrogen) atoms. The molecule has 1 fully saturated rings. The maximum atomic E-state index is 12.3. The Kier molecular flexibility index (Phi) is 5.84. The molecule has 0 spiro atoms. The molecule has 3 rings (SSSR count). The first-order valence-corrected chi connectivity index (χ1v) is 9.45. The Bertz CT molecular complexity index is 829. The molecule has 1 saturated heterocycles. The zero-order valence-electron chi connectivity index (χ0n) is 16.0. The smallest absolute Gasteiger partial charge is 0.408 e. The number of amides is 3. The van der Waals surface area contributed by atoms with Crippen LogP contribution < -0.4 is 16.0 Å². The van der Waals surface area contributed by atoms with Crippen molar-refractivity contribution in [2.45, 2.75) is 44.9 Å². The third-order valence-electron chi connectivity index (χ3n) is 4.18. The van der Waals surface area contributed by atoms with E-state index < -0.39 is 17.7 Å². The van der Waals surface area contributed by atoms with Gasteiger partial charge in [0, 0.05) is 16.8 Å². The average Bonchev–Trinajstić information content (AvgIpc) is 2.97. The second-order valence-electron chi connectivity index (χ2n) is 7.62. The van der Waals surface area contributed by atoms with Crippen LogP contribution >= 0.6 is 11.6 Å². The number of benzene rings is 1. The van der Waals surface area contributed by atoms with E-state index >= 15 is 0 Å². The maximum Gasteiger partial charge on any atom is 0.408 e. The highest BCUT2D eigenvalue weighted by Crippen LogP contribution is 2.26. The molecule has 0 bridgehead atoms. The van der Waals surface area contributed by atoms with Crippen LogP contribution in [0.15, 0.2) is 47.9 Å². The van der Waals surface area contributed by atoms with Gasteiger partial charge in [-0.15, -0.1) is 0 Å². The third kappa shape index (κ3) is 5.19. The van der Waals surface area contributed by atoms with Gasteiger partial charge in [0.25, 0.3) is 0 Å². The van der Waals surface area contributed by atoms with Crippen LogP contribution in [-0.4, -0.2) is 30.4 Å². The quantitative estimate of drug-likeness (QED) is 0.695. The van der Waals surface area contributed by atoms with E-state index in [0.717, 1.165) is 11.3 Å². The van der Waals surface area contributed by atoms with E-state index in [0.29, 0.717) is 17.2 Å². The fourth-order valence-corrected chi connectivity index (χ4v) is 3.22. The van der Waals surface area contributed by atoms with Gasteiger partial charge in [0.1, 0.15) is 18.0 Å². The molecule has 3 amide bonds. The molecule has 1 aliphatic carbocycles. The summed E-state index contributed by atoms with van der Waals surface area (Å²) in [5.41, 5.74) is 0.888. The summed E-state index contributed by atoms with van der Waals surface area (Å²) in [5, 5.41) is 8.91. The lowest BCUT2D eigenvalue weighted by atomic mass is 10.1. The van der Waals surface area contributed by atoms with E-state index in [-0.39, 0.29) is 18.7 Å². The van der Waals surface area contributed by atoms with Crippen LogP contribution in [0, 0.1) is 0 Å². The van der Waals surface area contributed by atoms with E-state index in [1.165, 1.54) is 0 Å².